The van der Waals surface area contributed by atoms with E-state index in [-0.39, 0.29) is 34.1 Å². The van der Waals surface area contributed by atoms with Crippen LogP contribution in [-0.2, 0) is 10.0 Å². The van der Waals surface area contributed by atoms with Crippen LogP contribution in [0.4, 0.5) is 4.39 Å². The number of rotatable bonds is 5. The molecular formula is C13H13ClFN3O4S. The molecule has 0 bridgehead atoms. The second kappa shape index (κ2) is 6.65. The van der Waals surface area contributed by atoms with E-state index < -0.39 is 27.5 Å². The van der Waals surface area contributed by atoms with Gasteiger partial charge in [-0.3, -0.25) is 4.79 Å². The van der Waals surface area contributed by atoms with E-state index in [1.54, 1.807) is 0 Å². The Morgan fingerprint density at radius 3 is 2.78 bits per heavy atom. The normalized spacial score (nSPS) is 11.5. The lowest BCUT2D eigenvalue weighted by Crippen LogP contribution is -2.31. The number of nitrogens with two attached hydrogens (primary N) is 1. The molecule has 0 aliphatic rings. The Bertz CT molecular complexity index is 831. The highest BCUT2D eigenvalue weighted by Crippen LogP contribution is 2.33. The SMILES string of the molecule is Cc1onc(-c2c(F)cccc2Cl)c1C(=O)NCCS(N)(=O)=O. The van der Waals surface area contributed by atoms with Gasteiger partial charge in [0, 0.05) is 6.54 Å². The lowest BCUT2D eigenvalue weighted by Gasteiger charge is -2.07. The third-order valence-corrected chi connectivity index (χ3v) is 4.05. The quantitative estimate of drug-likeness (QED) is 0.836. The molecule has 2 aromatic rings. The molecule has 0 unspecified atom stereocenters. The van der Waals surface area contributed by atoms with Crippen LogP contribution in [-0.4, -0.2) is 31.8 Å². The van der Waals surface area contributed by atoms with Gasteiger partial charge in [0.25, 0.3) is 5.91 Å². The average molecular weight is 362 g/mol. The lowest BCUT2D eigenvalue weighted by atomic mass is 10.0. The Morgan fingerprint density at radius 1 is 1.48 bits per heavy atom. The number of halogens is 2. The number of amides is 1. The van der Waals surface area contributed by atoms with Crippen molar-refractivity contribution < 1.29 is 22.1 Å². The minimum absolute atomic E-state index is 0.0218. The van der Waals surface area contributed by atoms with Crippen LogP contribution < -0.4 is 10.5 Å². The molecule has 0 aliphatic heterocycles. The Hall–Kier alpha value is -1.97. The number of carbonyl (C=O) groups is 1. The summed E-state index contributed by atoms with van der Waals surface area (Å²) in [5.74, 6) is -1.61. The van der Waals surface area contributed by atoms with Gasteiger partial charge in [-0.1, -0.05) is 22.8 Å². The minimum atomic E-state index is -3.71. The van der Waals surface area contributed by atoms with Crippen molar-refractivity contribution in [1.82, 2.24) is 10.5 Å². The first-order valence-electron chi connectivity index (χ1n) is 6.40. The molecule has 0 spiro atoms. The second-order valence-corrected chi connectivity index (χ2v) is 6.82. The van der Waals surface area contributed by atoms with Crippen molar-refractivity contribution in [3.05, 3.63) is 40.4 Å². The maximum Gasteiger partial charge on any atom is 0.257 e. The summed E-state index contributed by atoms with van der Waals surface area (Å²) in [5.41, 5.74) is -0.146. The molecule has 1 amide bonds. The standard InChI is InChI=1S/C13H13ClFN3O4S/c1-7-10(13(19)17-5-6-23(16,20)21)12(18-22-7)11-8(14)3-2-4-9(11)15/h2-4H,5-6H2,1H3,(H,17,19)(H2,16,20,21). The molecule has 0 saturated carbocycles. The molecule has 1 heterocycles. The first kappa shape index (κ1) is 17.4. The molecule has 1 aromatic heterocycles. The first-order chi connectivity index (χ1) is 10.7. The number of nitrogens with one attached hydrogen (secondary N) is 1. The number of carbonyl (C=O) groups excluding carboxylic acids is 1. The molecule has 1 aromatic carbocycles. The number of hydrogen-bond acceptors (Lipinski definition) is 5. The summed E-state index contributed by atoms with van der Waals surface area (Å²) >= 11 is 5.96. The number of benzene rings is 1. The molecule has 0 atom stereocenters. The zero-order valence-electron chi connectivity index (χ0n) is 12.0. The van der Waals surface area contributed by atoms with E-state index in [9.17, 15) is 17.6 Å². The van der Waals surface area contributed by atoms with E-state index in [4.69, 9.17) is 21.3 Å². The fourth-order valence-electron chi connectivity index (χ4n) is 1.93. The second-order valence-electron chi connectivity index (χ2n) is 4.68. The number of nitrogens with zero attached hydrogens (tertiary/aromatic N) is 1. The van der Waals surface area contributed by atoms with Gasteiger partial charge in [0.05, 0.1) is 16.3 Å². The van der Waals surface area contributed by atoms with Gasteiger partial charge in [-0.05, 0) is 19.1 Å². The number of sulfonamides is 1. The van der Waals surface area contributed by atoms with Crippen molar-refractivity contribution in [3.8, 4) is 11.3 Å². The highest BCUT2D eigenvalue weighted by molar-refractivity contribution is 7.89. The van der Waals surface area contributed by atoms with Crippen molar-refractivity contribution in [2.75, 3.05) is 12.3 Å². The monoisotopic (exact) mass is 361 g/mol. The molecule has 0 radical (unpaired) electrons. The van der Waals surface area contributed by atoms with Gasteiger partial charge in [-0.25, -0.2) is 17.9 Å². The third kappa shape index (κ3) is 4.06. The van der Waals surface area contributed by atoms with E-state index in [1.807, 2.05) is 0 Å². The summed E-state index contributed by atoms with van der Waals surface area (Å²) in [5, 5.41) is 11.0. The van der Waals surface area contributed by atoms with Gasteiger partial charge >= 0.3 is 0 Å². The smallest absolute Gasteiger partial charge is 0.257 e. The maximum atomic E-state index is 14.0. The highest BCUT2D eigenvalue weighted by atomic mass is 35.5. The summed E-state index contributed by atoms with van der Waals surface area (Å²) in [6.07, 6.45) is 0. The van der Waals surface area contributed by atoms with Crippen LogP contribution in [0, 0.1) is 12.7 Å². The van der Waals surface area contributed by atoms with Crippen LogP contribution in [0.25, 0.3) is 11.3 Å². The highest BCUT2D eigenvalue weighted by Gasteiger charge is 2.25. The molecule has 10 heteroatoms. The Kier molecular flexibility index (Phi) is 5.03. The van der Waals surface area contributed by atoms with E-state index in [1.165, 1.54) is 25.1 Å². The van der Waals surface area contributed by atoms with E-state index in [0.29, 0.717) is 0 Å². The maximum absolute atomic E-state index is 14.0. The van der Waals surface area contributed by atoms with Gasteiger partial charge in [0.2, 0.25) is 10.0 Å². The molecule has 0 saturated heterocycles. The molecule has 3 N–H and O–H groups in total. The zero-order valence-corrected chi connectivity index (χ0v) is 13.5. The van der Waals surface area contributed by atoms with E-state index in [0.717, 1.165) is 0 Å². The van der Waals surface area contributed by atoms with Crippen LogP contribution in [0.15, 0.2) is 22.7 Å². The Morgan fingerprint density at radius 2 is 2.17 bits per heavy atom. The number of aromatic nitrogens is 1. The van der Waals surface area contributed by atoms with Crippen LogP contribution in [0.5, 0.6) is 0 Å². The molecular weight excluding hydrogens is 349 g/mol. The average Bonchev–Trinajstić information content (AvgIpc) is 2.79. The van der Waals surface area contributed by atoms with Crippen molar-refractivity contribution in [1.29, 1.82) is 0 Å². The topological polar surface area (TPSA) is 115 Å². The van der Waals surface area contributed by atoms with Crippen molar-refractivity contribution in [2.45, 2.75) is 6.92 Å². The van der Waals surface area contributed by atoms with Crippen LogP contribution in [0.3, 0.4) is 0 Å². The molecule has 23 heavy (non-hydrogen) atoms. The van der Waals surface area contributed by atoms with Crippen LogP contribution in [0.1, 0.15) is 16.1 Å². The molecule has 2 rings (SSSR count). The molecule has 7 nitrogen and oxygen atoms in total. The van der Waals surface area contributed by atoms with Crippen molar-refractivity contribution in [2.24, 2.45) is 5.14 Å². The van der Waals surface area contributed by atoms with Gasteiger partial charge in [0.15, 0.2) is 0 Å². The Balaban J connectivity index is 2.34. The van der Waals surface area contributed by atoms with Crippen molar-refractivity contribution >= 4 is 27.5 Å². The fourth-order valence-corrected chi connectivity index (χ4v) is 2.57. The number of hydrogen-bond donors (Lipinski definition) is 2. The Labute approximate surface area is 136 Å². The summed E-state index contributed by atoms with van der Waals surface area (Å²) in [4.78, 5) is 12.2. The van der Waals surface area contributed by atoms with Gasteiger partial charge in [-0.15, -0.1) is 0 Å². The summed E-state index contributed by atoms with van der Waals surface area (Å²) < 4.78 is 40.7. The predicted octanol–water partition coefficient (Wildman–Crippen LogP) is 1.46. The minimum Gasteiger partial charge on any atom is -0.360 e. The fraction of sp³-hybridized carbons (Fsp3) is 0.231. The summed E-state index contributed by atoms with van der Waals surface area (Å²) in [6, 6.07) is 4.04. The lowest BCUT2D eigenvalue weighted by molar-refractivity contribution is 0.0955. The van der Waals surface area contributed by atoms with Gasteiger partial charge in [0.1, 0.15) is 22.8 Å². The number of aryl methyl sites for hydroxylation is 1. The summed E-state index contributed by atoms with van der Waals surface area (Å²) in [6.45, 7) is 1.27. The van der Waals surface area contributed by atoms with Gasteiger partial charge in [-0.2, -0.15) is 0 Å². The van der Waals surface area contributed by atoms with Crippen LogP contribution >= 0.6 is 11.6 Å². The van der Waals surface area contributed by atoms with Crippen molar-refractivity contribution in [3.63, 3.8) is 0 Å². The van der Waals surface area contributed by atoms with E-state index in [2.05, 4.69) is 10.5 Å². The molecule has 0 aliphatic carbocycles. The zero-order chi connectivity index (χ0) is 17.2. The third-order valence-electron chi connectivity index (χ3n) is 2.96. The molecule has 0 fully saturated rings. The molecule has 124 valence electrons. The first-order valence-corrected chi connectivity index (χ1v) is 8.49. The predicted molar refractivity (Wildman–Crippen MR) is 82.0 cm³/mol. The van der Waals surface area contributed by atoms with Crippen LogP contribution in [0.2, 0.25) is 5.02 Å². The number of primary sulfonamides is 1. The largest absolute Gasteiger partial charge is 0.360 e. The van der Waals surface area contributed by atoms with Gasteiger partial charge < -0.3 is 9.84 Å². The summed E-state index contributed by atoms with van der Waals surface area (Å²) in [7, 11) is -3.71. The van der Waals surface area contributed by atoms with E-state index >= 15 is 0 Å².